The fraction of sp³-hybridized carbons (Fsp3) is 0.0500. The lowest BCUT2D eigenvalue weighted by molar-refractivity contribution is 0.102. The molecule has 0 aliphatic heterocycles. The molecule has 0 saturated carbocycles. The molecule has 0 aliphatic carbocycles. The van der Waals surface area contributed by atoms with Crippen LogP contribution in [0.5, 0.6) is 0 Å². The molecule has 4 rings (SSSR count). The first kappa shape index (κ1) is 17.7. The van der Waals surface area contributed by atoms with E-state index in [0.29, 0.717) is 17.6 Å². The van der Waals surface area contributed by atoms with Crippen molar-refractivity contribution in [1.29, 1.82) is 0 Å². The Morgan fingerprint density at radius 3 is 2.61 bits per heavy atom. The maximum absolute atomic E-state index is 13.9. The fourth-order valence-electron chi connectivity index (χ4n) is 2.82. The first-order chi connectivity index (χ1) is 13.4. The molecular formula is C20H13F3N4O. The van der Waals surface area contributed by atoms with Gasteiger partial charge < -0.3 is 5.32 Å². The third-order valence-corrected chi connectivity index (χ3v) is 4.15. The number of amides is 1. The number of pyridine rings is 1. The molecule has 0 atom stereocenters. The topological polar surface area (TPSA) is 59.8 Å². The minimum atomic E-state index is -1.70. The van der Waals surface area contributed by atoms with E-state index in [1.165, 1.54) is 4.68 Å². The third kappa shape index (κ3) is 3.09. The van der Waals surface area contributed by atoms with E-state index in [-0.39, 0.29) is 5.82 Å². The summed E-state index contributed by atoms with van der Waals surface area (Å²) in [5, 5.41) is 7.71. The minimum Gasteiger partial charge on any atom is -0.306 e. The van der Waals surface area contributed by atoms with Gasteiger partial charge >= 0.3 is 0 Å². The van der Waals surface area contributed by atoms with Crippen molar-refractivity contribution in [3.63, 3.8) is 0 Å². The van der Waals surface area contributed by atoms with Crippen molar-refractivity contribution >= 4 is 22.6 Å². The van der Waals surface area contributed by atoms with Crippen molar-refractivity contribution in [2.45, 2.75) is 6.92 Å². The number of aryl methyl sites for hydroxylation is 1. The summed E-state index contributed by atoms with van der Waals surface area (Å²) in [7, 11) is 0. The Kier molecular flexibility index (Phi) is 4.31. The van der Waals surface area contributed by atoms with Gasteiger partial charge in [0, 0.05) is 11.5 Å². The average molecular weight is 382 g/mol. The van der Waals surface area contributed by atoms with Crippen LogP contribution in [0.2, 0.25) is 0 Å². The van der Waals surface area contributed by atoms with E-state index in [1.807, 2.05) is 30.3 Å². The van der Waals surface area contributed by atoms with Crippen molar-refractivity contribution in [2.24, 2.45) is 0 Å². The van der Waals surface area contributed by atoms with Crippen LogP contribution in [-0.2, 0) is 0 Å². The van der Waals surface area contributed by atoms with E-state index < -0.39 is 28.9 Å². The quantitative estimate of drug-likeness (QED) is 0.535. The van der Waals surface area contributed by atoms with Gasteiger partial charge in [0.1, 0.15) is 5.82 Å². The number of nitrogens with one attached hydrogen (secondary N) is 1. The average Bonchev–Trinajstić information content (AvgIpc) is 3.05. The summed E-state index contributed by atoms with van der Waals surface area (Å²) in [6, 6.07) is 14.2. The summed E-state index contributed by atoms with van der Waals surface area (Å²) in [6.07, 6.45) is 0. The number of fused-ring (bicyclic) bond motifs is 1. The number of anilines is 1. The number of benzene rings is 2. The lowest BCUT2D eigenvalue weighted by Gasteiger charge is -2.10. The Bertz CT molecular complexity index is 1220. The summed E-state index contributed by atoms with van der Waals surface area (Å²) in [6.45, 7) is 1.71. The van der Waals surface area contributed by atoms with E-state index in [4.69, 9.17) is 0 Å². The first-order valence-electron chi connectivity index (χ1n) is 8.32. The monoisotopic (exact) mass is 382 g/mol. The highest BCUT2D eigenvalue weighted by atomic mass is 19.2. The molecule has 0 fully saturated rings. The lowest BCUT2D eigenvalue weighted by Crippen LogP contribution is -2.18. The second-order valence-electron chi connectivity index (χ2n) is 6.12. The van der Waals surface area contributed by atoms with Crippen molar-refractivity contribution in [3.8, 4) is 5.82 Å². The molecule has 0 unspecified atom stereocenters. The van der Waals surface area contributed by atoms with E-state index >= 15 is 0 Å². The van der Waals surface area contributed by atoms with Crippen LogP contribution >= 0.6 is 0 Å². The predicted octanol–water partition coefficient (Wildman–Crippen LogP) is 4.40. The van der Waals surface area contributed by atoms with E-state index in [0.717, 1.165) is 17.0 Å². The van der Waals surface area contributed by atoms with Gasteiger partial charge in [0.2, 0.25) is 0 Å². The Hall–Kier alpha value is -3.68. The summed E-state index contributed by atoms with van der Waals surface area (Å²) in [5.41, 5.74) is 0.698. The van der Waals surface area contributed by atoms with Crippen LogP contribution in [0.25, 0.3) is 16.7 Å². The number of hydrogen-bond acceptors (Lipinski definition) is 3. The highest BCUT2D eigenvalue weighted by Gasteiger charge is 2.20. The van der Waals surface area contributed by atoms with Crippen LogP contribution in [0, 0.1) is 24.4 Å². The van der Waals surface area contributed by atoms with E-state index in [9.17, 15) is 18.0 Å². The van der Waals surface area contributed by atoms with Gasteiger partial charge in [-0.05, 0) is 37.3 Å². The standard InChI is InChI=1S/C20H13F3N4O/c1-11-10-17(25-20(28)13-7-8-14(21)19(23)18(13)22)27(26-11)16-9-6-12-4-2-3-5-15(12)24-16/h2-10H,1H3,(H,25,28). The number of rotatable bonds is 3. The van der Waals surface area contributed by atoms with Crippen LogP contribution in [0.3, 0.4) is 0 Å². The number of aromatic nitrogens is 3. The van der Waals surface area contributed by atoms with E-state index in [1.54, 1.807) is 19.1 Å². The molecule has 8 heteroatoms. The molecule has 2 heterocycles. The number of carbonyl (C=O) groups excluding carboxylic acids is 1. The van der Waals surface area contributed by atoms with Gasteiger partial charge in [-0.25, -0.2) is 18.2 Å². The fourth-order valence-corrected chi connectivity index (χ4v) is 2.82. The molecule has 2 aromatic heterocycles. The number of hydrogen-bond donors (Lipinski definition) is 1. The molecule has 1 N–H and O–H groups in total. The number of carbonyl (C=O) groups is 1. The summed E-state index contributed by atoms with van der Waals surface area (Å²) < 4.78 is 41.8. The van der Waals surface area contributed by atoms with Gasteiger partial charge in [0.25, 0.3) is 5.91 Å². The molecule has 0 bridgehead atoms. The van der Waals surface area contributed by atoms with E-state index in [2.05, 4.69) is 15.4 Å². The van der Waals surface area contributed by atoms with Gasteiger partial charge in [0.05, 0.1) is 16.8 Å². The normalized spacial score (nSPS) is 11.0. The van der Waals surface area contributed by atoms with Crippen LogP contribution in [0.1, 0.15) is 16.1 Å². The molecule has 5 nitrogen and oxygen atoms in total. The van der Waals surface area contributed by atoms with Crippen LogP contribution in [-0.4, -0.2) is 20.7 Å². The molecule has 1 amide bonds. The SMILES string of the molecule is Cc1cc(NC(=O)c2ccc(F)c(F)c2F)n(-c2ccc3ccccc3n2)n1. The molecule has 0 spiro atoms. The van der Waals surface area contributed by atoms with Crippen molar-refractivity contribution in [3.05, 3.63) is 83.3 Å². The van der Waals surface area contributed by atoms with Gasteiger partial charge in [0.15, 0.2) is 23.3 Å². The van der Waals surface area contributed by atoms with Crippen LogP contribution < -0.4 is 5.32 Å². The number of para-hydroxylation sites is 1. The summed E-state index contributed by atoms with van der Waals surface area (Å²) in [5.74, 6) is -4.89. The maximum atomic E-state index is 13.9. The molecule has 0 radical (unpaired) electrons. The highest BCUT2D eigenvalue weighted by Crippen LogP contribution is 2.21. The van der Waals surface area contributed by atoms with Crippen LogP contribution in [0.4, 0.5) is 19.0 Å². The second-order valence-corrected chi connectivity index (χ2v) is 6.12. The molecule has 28 heavy (non-hydrogen) atoms. The van der Waals surface area contributed by atoms with Crippen LogP contribution in [0.15, 0.2) is 54.6 Å². The first-order valence-corrected chi connectivity index (χ1v) is 8.32. The second kappa shape index (κ2) is 6.80. The van der Waals surface area contributed by atoms with Gasteiger partial charge in [-0.1, -0.05) is 18.2 Å². The lowest BCUT2D eigenvalue weighted by atomic mass is 10.2. The zero-order valence-corrected chi connectivity index (χ0v) is 14.6. The zero-order chi connectivity index (χ0) is 19.8. The highest BCUT2D eigenvalue weighted by molar-refractivity contribution is 6.04. The minimum absolute atomic E-state index is 0.217. The van der Waals surface area contributed by atoms with Gasteiger partial charge in [-0.3, -0.25) is 4.79 Å². The summed E-state index contributed by atoms with van der Waals surface area (Å²) >= 11 is 0. The molecule has 140 valence electrons. The molecular weight excluding hydrogens is 369 g/mol. The Morgan fingerprint density at radius 2 is 1.79 bits per heavy atom. The zero-order valence-electron chi connectivity index (χ0n) is 14.6. The smallest absolute Gasteiger partial charge is 0.259 e. The predicted molar refractivity (Wildman–Crippen MR) is 97.9 cm³/mol. The van der Waals surface area contributed by atoms with Crippen molar-refractivity contribution in [1.82, 2.24) is 14.8 Å². The van der Waals surface area contributed by atoms with Crippen molar-refractivity contribution in [2.75, 3.05) is 5.32 Å². The third-order valence-electron chi connectivity index (χ3n) is 4.15. The Morgan fingerprint density at radius 1 is 1.00 bits per heavy atom. The Labute approximate surface area is 157 Å². The Balaban J connectivity index is 1.72. The molecule has 4 aromatic rings. The number of halogens is 3. The molecule has 0 saturated heterocycles. The summed E-state index contributed by atoms with van der Waals surface area (Å²) in [4.78, 5) is 16.9. The molecule has 2 aromatic carbocycles. The number of nitrogens with zero attached hydrogens (tertiary/aromatic N) is 3. The largest absolute Gasteiger partial charge is 0.306 e. The molecule has 0 aliphatic rings. The van der Waals surface area contributed by atoms with Gasteiger partial charge in [-0.15, -0.1) is 0 Å². The van der Waals surface area contributed by atoms with Crippen molar-refractivity contribution < 1.29 is 18.0 Å². The maximum Gasteiger partial charge on any atom is 0.259 e. The van der Waals surface area contributed by atoms with Gasteiger partial charge in [-0.2, -0.15) is 9.78 Å².